The van der Waals surface area contributed by atoms with Gasteiger partial charge in [0.1, 0.15) is 0 Å². The molecule has 0 fully saturated rings. The highest BCUT2D eigenvalue weighted by atomic mass is 35.5. The van der Waals surface area contributed by atoms with Gasteiger partial charge in [-0.2, -0.15) is 0 Å². The molecule has 0 spiro atoms. The Hall–Kier alpha value is -0.730. The van der Waals surface area contributed by atoms with Crippen molar-refractivity contribution in [1.82, 2.24) is 0 Å². The molecule has 1 N–H and O–H groups in total. The van der Waals surface area contributed by atoms with E-state index in [0.29, 0.717) is 0 Å². The van der Waals surface area contributed by atoms with Gasteiger partial charge in [-0.3, -0.25) is 0 Å². The SMILES string of the molecule is COCCCNc1cc(Cl)ccc1C. The number of benzene rings is 1. The van der Waals surface area contributed by atoms with E-state index < -0.39 is 0 Å². The van der Waals surface area contributed by atoms with E-state index in [1.54, 1.807) is 7.11 Å². The molecular weight excluding hydrogens is 198 g/mol. The maximum absolute atomic E-state index is 5.89. The van der Waals surface area contributed by atoms with Gasteiger partial charge in [-0.15, -0.1) is 0 Å². The Labute approximate surface area is 90.2 Å². The summed E-state index contributed by atoms with van der Waals surface area (Å²) in [5.74, 6) is 0. The van der Waals surface area contributed by atoms with Crippen molar-refractivity contribution in [3.63, 3.8) is 0 Å². The van der Waals surface area contributed by atoms with Gasteiger partial charge >= 0.3 is 0 Å². The first-order valence-electron chi connectivity index (χ1n) is 4.73. The fraction of sp³-hybridized carbons (Fsp3) is 0.455. The van der Waals surface area contributed by atoms with Crippen molar-refractivity contribution >= 4 is 17.3 Å². The van der Waals surface area contributed by atoms with Crippen LogP contribution in [0.1, 0.15) is 12.0 Å². The molecule has 0 aliphatic carbocycles. The number of nitrogens with one attached hydrogen (secondary N) is 1. The second-order valence-electron chi connectivity index (χ2n) is 3.23. The van der Waals surface area contributed by atoms with Crippen LogP contribution in [0.4, 0.5) is 5.69 Å². The average molecular weight is 214 g/mol. The Bertz CT molecular complexity index is 289. The predicted octanol–water partition coefficient (Wildman–Crippen LogP) is 3.10. The minimum absolute atomic E-state index is 0.768. The number of anilines is 1. The van der Waals surface area contributed by atoms with Crippen molar-refractivity contribution in [2.75, 3.05) is 25.6 Å². The zero-order valence-corrected chi connectivity index (χ0v) is 9.40. The van der Waals surface area contributed by atoms with Crippen LogP contribution in [0.25, 0.3) is 0 Å². The summed E-state index contributed by atoms with van der Waals surface area (Å²) in [6.07, 6.45) is 1.00. The van der Waals surface area contributed by atoms with Crippen molar-refractivity contribution in [3.05, 3.63) is 28.8 Å². The van der Waals surface area contributed by atoms with Crippen LogP contribution in [0.5, 0.6) is 0 Å². The van der Waals surface area contributed by atoms with Crippen molar-refractivity contribution < 1.29 is 4.74 Å². The van der Waals surface area contributed by atoms with E-state index in [2.05, 4.69) is 12.2 Å². The second kappa shape index (κ2) is 5.89. The topological polar surface area (TPSA) is 21.3 Å². The molecule has 2 nitrogen and oxygen atoms in total. The molecule has 0 amide bonds. The smallest absolute Gasteiger partial charge is 0.0479 e. The van der Waals surface area contributed by atoms with Gasteiger partial charge in [-0.05, 0) is 31.0 Å². The fourth-order valence-corrected chi connectivity index (χ4v) is 1.40. The molecule has 0 aromatic heterocycles. The zero-order chi connectivity index (χ0) is 10.4. The molecule has 3 heteroatoms. The first-order valence-corrected chi connectivity index (χ1v) is 5.11. The summed E-state index contributed by atoms with van der Waals surface area (Å²) in [4.78, 5) is 0. The Morgan fingerprint density at radius 1 is 1.43 bits per heavy atom. The average Bonchev–Trinajstić information content (AvgIpc) is 2.18. The molecule has 0 bridgehead atoms. The van der Waals surface area contributed by atoms with E-state index >= 15 is 0 Å². The summed E-state index contributed by atoms with van der Waals surface area (Å²) in [5.41, 5.74) is 2.32. The highest BCUT2D eigenvalue weighted by Gasteiger charge is 1.97. The lowest BCUT2D eigenvalue weighted by atomic mass is 10.2. The van der Waals surface area contributed by atoms with E-state index in [1.807, 2.05) is 18.2 Å². The summed E-state index contributed by atoms with van der Waals surface area (Å²) in [6.45, 7) is 3.76. The molecule has 0 unspecified atom stereocenters. The van der Waals surface area contributed by atoms with Crippen molar-refractivity contribution in [2.45, 2.75) is 13.3 Å². The maximum atomic E-state index is 5.89. The van der Waals surface area contributed by atoms with Gasteiger partial charge in [-0.1, -0.05) is 17.7 Å². The maximum Gasteiger partial charge on any atom is 0.0479 e. The third-order valence-electron chi connectivity index (χ3n) is 2.04. The van der Waals surface area contributed by atoms with Gasteiger partial charge in [0.05, 0.1) is 0 Å². The lowest BCUT2D eigenvalue weighted by Crippen LogP contribution is -2.05. The normalized spacial score (nSPS) is 10.2. The van der Waals surface area contributed by atoms with Gasteiger partial charge < -0.3 is 10.1 Å². The Balaban J connectivity index is 2.45. The van der Waals surface area contributed by atoms with Crippen LogP contribution in [-0.4, -0.2) is 20.3 Å². The molecule has 0 aliphatic heterocycles. The zero-order valence-electron chi connectivity index (χ0n) is 8.64. The van der Waals surface area contributed by atoms with Crippen molar-refractivity contribution in [2.24, 2.45) is 0 Å². The van der Waals surface area contributed by atoms with Crippen LogP contribution in [0.2, 0.25) is 5.02 Å². The van der Waals surface area contributed by atoms with E-state index in [0.717, 1.165) is 30.3 Å². The molecule has 0 aliphatic rings. The van der Waals surface area contributed by atoms with E-state index in [4.69, 9.17) is 16.3 Å². The summed E-state index contributed by atoms with van der Waals surface area (Å²) in [7, 11) is 1.71. The van der Waals surface area contributed by atoms with E-state index in [9.17, 15) is 0 Å². The number of halogens is 1. The molecule has 14 heavy (non-hydrogen) atoms. The first kappa shape index (κ1) is 11.3. The molecular formula is C11H16ClNO. The Kier molecular flexibility index (Phi) is 4.77. The summed E-state index contributed by atoms with van der Waals surface area (Å²) in [5, 5.41) is 4.09. The van der Waals surface area contributed by atoms with Crippen molar-refractivity contribution in [1.29, 1.82) is 0 Å². The van der Waals surface area contributed by atoms with Crippen LogP contribution >= 0.6 is 11.6 Å². The Morgan fingerprint density at radius 2 is 2.21 bits per heavy atom. The lowest BCUT2D eigenvalue weighted by Gasteiger charge is -2.09. The number of hydrogen-bond donors (Lipinski definition) is 1. The minimum atomic E-state index is 0.768. The quantitative estimate of drug-likeness (QED) is 0.759. The second-order valence-corrected chi connectivity index (χ2v) is 3.67. The van der Waals surface area contributed by atoms with Crippen LogP contribution < -0.4 is 5.32 Å². The third-order valence-corrected chi connectivity index (χ3v) is 2.28. The number of aryl methyl sites for hydroxylation is 1. The molecule has 0 heterocycles. The van der Waals surface area contributed by atoms with Gasteiger partial charge in [0.25, 0.3) is 0 Å². The number of methoxy groups -OCH3 is 1. The van der Waals surface area contributed by atoms with Crippen molar-refractivity contribution in [3.8, 4) is 0 Å². The number of ether oxygens (including phenoxy) is 1. The molecule has 1 aromatic carbocycles. The number of hydrogen-bond acceptors (Lipinski definition) is 2. The lowest BCUT2D eigenvalue weighted by molar-refractivity contribution is 0.198. The third kappa shape index (κ3) is 3.56. The fourth-order valence-electron chi connectivity index (χ4n) is 1.22. The van der Waals surface area contributed by atoms with E-state index in [-0.39, 0.29) is 0 Å². The van der Waals surface area contributed by atoms with Crippen LogP contribution in [0.15, 0.2) is 18.2 Å². The van der Waals surface area contributed by atoms with Gasteiger partial charge in [0, 0.05) is 31.0 Å². The van der Waals surface area contributed by atoms with E-state index in [1.165, 1.54) is 5.56 Å². The van der Waals surface area contributed by atoms with Crippen LogP contribution in [-0.2, 0) is 4.74 Å². The monoisotopic (exact) mass is 213 g/mol. The molecule has 78 valence electrons. The minimum Gasteiger partial charge on any atom is -0.385 e. The number of rotatable bonds is 5. The van der Waals surface area contributed by atoms with Gasteiger partial charge in [0.15, 0.2) is 0 Å². The van der Waals surface area contributed by atoms with Gasteiger partial charge in [-0.25, -0.2) is 0 Å². The van der Waals surface area contributed by atoms with Gasteiger partial charge in [0.2, 0.25) is 0 Å². The molecule has 0 saturated carbocycles. The summed E-state index contributed by atoms with van der Waals surface area (Å²) in [6, 6.07) is 5.86. The summed E-state index contributed by atoms with van der Waals surface area (Å²) >= 11 is 5.89. The standard InChI is InChI=1S/C11H16ClNO/c1-9-4-5-10(12)8-11(9)13-6-3-7-14-2/h4-5,8,13H,3,6-7H2,1-2H3. The first-order chi connectivity index (χ1) is 6.74. The summed E-state index contributed by atoms with van der Waals surface area (Å²) < 4.78 is 4.97. The Morgan fingerprint density at radius 3 is 2.93 bits per heavy atom. The molecule has 0 saturated heterocycles. The molecule has 1 aromatic rings. The van der Waals surface area contributed by atoms with Crippen LogP contribution in [0, 0.1) is 6.92 Å². The highest BCUT2D eigenvalue weighted by molar-refractivity contribution is 6.30. The highest BCUT2D eigenvalue weighted by Crippen LogP contribution is 2.19. The largest absolute Gasteiger partial charge is 0.385 e. The predicted molar refractivity (Wildman–Crippen MR) is 61.2 cm³/mol. The van der Waals surface area contributed by atoms with Crippen LogP contribution in [0.3, 0.4) is 0 Å². The molecule has 1 rings (SSSR count). The molecule has 0 atom stereocenters. The molecule has 0 radical (unpaired) electrons.